The Morgan fingerprint density at radius 3 is 2.41 bits per heavy atom. The van der Waals surface area contributed by atoms with E-state index in [1.165, 1.54) is 13.0 Å². The standard InChI is InChI=1S/C13H14F2O2/c1-7-9(5-10(14)8(2)12(7)15)13(3-4-13)6-11(16)17/h5H,3-4,6H2,1-2H3,(H,16,17). The van der Waals surface area contributed by atoms with Gasteiger partial charge in [-0.25, -0.2) is 8.78 Å². The molecule has 0 radical (unpaired) electrons. The van der Waals surface area contributed by atoms with Crippen molar-refractivity contribution in [3.05, 3.63) is 34.4 Å². The first-order chi connectivity index (χ1) is 7.87. The van der Waals surface area contributed by atoms with E-state index in [1.807, 2.05) is 0 Å². The van der Waals surface area contributed by atoms with E-state index in [2.05, 4.69) is 0 Å². The Hall–Kier alpha value is -1.45. The molecular weight excluding hydrogens is 226 g/mol. The predicted molar refractivity (Wildman–Crippen MR) is 59.0 cm³/mol. The Labute approximate surface area is 98.3 Å². The van der Waals surface area contributed by atoms with E-state index in [4.69, 9.17) is 5.11 Å². The number of hydrogen-bond donors (Lipinski definition) is 1. The van der Waals surface area contributed by atoms with Crippen LogP contribution in [-0.2, 0) is 10.2 Å². The summed E-state index contributed by atoms with van der Waals surface area (Å²) in [6, 6.07) is 1.30. The zero-order valence-corrected chi connectivity index (χ0v) is 9.81. The molecule has 0 heterocycles. The summed E-state index contributed by atoms with van der Waals surface area (Å²) in [6.45, 7) is 2.97. The Morgan fingerprint density at radius 1 is 1.35 bits per heavy atom. The highest BCUT2D eigenvalue weighted by molar-refractivity contribution is 5.70. The molecule has 0 atom stereocenters. The molecule has 1 aromatic carbocycles. The van der Waals surface area contributed by atoms with Crippen LogP contribution in [0.3, 0.4) is 0 Å². The van der Waals surface area contributed by atoms with Gasteiger partial charge in [0, 0.05) is 11.0 Å². The van der Waals surface area contributed by atoms with Crippen molar-refractivity contribution < 1.29 is 18.7 Å². The molecule has 0 aromatic heterocycles. The number of benzene rings is 1. The van der Waals surface area contributed by atoms with Gasteiger partial charge in [0.05, 0.1) is 6.42 Å². The average molecular weight is 240 g/mol. The largest absolute Gasteiger partial charge is 0.481 e. The number of carboxylic acids is 1. The minimum absolute atomic E-state index is 0.00243. The van der Waals surface area contributed by atoms with E-state index in [-0.39, 0.29) is 12.0 Å². The van der Waals surface area contributed by atoms with Crippen LogP contribution in [0.25, 0.3) is 0 Å². The number of hydrogen-bond acceptors (Lipinski definition) is 1. The van der Waals surface area contributed by atoms with Gasteiger partial charge in [0.25, 0.3) is 0 Å². The van der Waals surface area contributed by atoms with Gasteiger partial charge in [0.1, 0.15) is 11.6 Å². The van der Waals surface area contributed by atoms with Gasteiger partial charge < -0.3 is 5.11 Å². The predicted octanol–water partition coefficient (Wildman–Crippen LogP) is 3.09. The number of aliphatic carboxylic acids is 1. The highest BCUT2D eigenvalue weighted by atomic mass is 19.1. The maximum atomic E-state index is 13.8. The molecule has 2 nitrogen and oxygen atoms in total. The van der Waals surface area contributed by atoms with Gasteiger partial charge in [-0.1, -0.05) is 0 Å². The van der Waals surface area contributed by atoms with E-state index in [0.29, 0.717) is 24.0 Å². The molecule has 17 heavy (non-hydrogen) atoms. The molecule has 0 unspecified atom stereocenters. The number of rotatable bonds is 3. The number of halogens is 2. The van der Waals surface area contributed by atoms with Crippen LogP contribution in [0.15, 0.2) is 6.07 Å². The molecule has 0 bridgehead atoms. The Balaban J connectivity index is 2.50. The summed E-state index contributed by atoms with van der Waals surface area (Å²) in [7, 11) is 0. The molecule has 92 valence electrons. The minimum Gasteiger partial charge on any atom is -0.481 e. The zero-order valence-electron chi connectivity index (χ0n) is 9.81. The van der Waals surface area contributed by atoms with Crippen LogP contribution >= 0.6 is 0 Å². The van der Waals surface area contributed by atoms with Crippen molar-refractivity contribution in [3.8, 4) is 0 Å². The second-order valence-corrected chi connectivity index (χ2v) is 4.82. The summed E-state index contributed by atoms with van der Waals surface area (Å²) < 4.78 is 27.3. The van der Waals surface area contributed by atoms with Gasteiger partial charge in [0.2, 0.25) is 0 Å². The second kappa shape index (κ2) is 3.79. The Kier molecular flexibility index (Phi) is 2.68. The van der Waals surface area contributed by atoms with Gasteiger partial charge in [-0.05, 0) is 43.9 Å². The third-order valence-electron chi connectivity index (χ3n) is 3.61. The summed E-state index contributed by atoms with van der Waals surface area (Å²) in [6.07, 6.45) is 1.31. The van der Waals surface area contributed by atoms with Gasteiger partial charge in [-0.2, -0.15) is 0 Å². The maximum Gasteiger partial charge on any atom is 0.304 e. The Bertz CT molecular complexity index is 491. The SMILES string of the molecule is Cc1c(F)cc(C2(CC(=O)O)CC2)c(C)c1F. The van der Waals surface area contributed by atoms with Crippen LogP contribution in [0.4, 0.5) is 8.78 Å². The molecule has 1 aromatic rings. The Morgan fingerprint density at radius 2 is 1.94 bits per heavy atom. The van der Waals surface area contributed by atoms with Crippen molar-refractivity contribution in [3.63, 3.8) is 0 Å². The molecule has 1 fully saturated rings. The third-order valence-corrected chi connectivity index (χ3v) is 3.61. The monoisotopic (exact) mass is 240 g/mol. The molecule has 0 spiro atoms. The van der Waals surface area contributed by atoms with Crippen LogP contribution in [0.2, 0.25) is 0 Å². The smallest absolute Gasteiger partial charge is 0.304 e. The van der Waals surface area contributed by atoms with E-state index < -0.39 is 23.0 Å². The lowest BCUT2D eigenvalue weighted by molar-refractivity contribution is -0.137. The van der Waals surface area contributed by atoms with E-state index in [1.54, 1.807) is 6.92 Å². The molecule has 0 saturated heterocycles. The van der Waals surface area contributed by atoms with E-state index >= 15 is 0 Å². The summed E-state index contributed by atoms with van der Waals surface area (Å²) >= 11 is 0. The molecule has 1 saturated carbocycles. The molecular formula is C13H14F2O2. The molecule has 1 N–H and O–H groups in total. The van der Waals surface area contributed by atoms with Crippen LogP contribution in [0.5, 0.6) is 0 Å². The van der Waals surface area contributed by atoms with Crippen LogP contribution in [0.1, 0.15) is 36.0 Å². The van der Waals surface area contributed by atoms with Crippen LogP contribution < -0.4 is 0 Å². The van der Waals surface area contributed by atoms with Crippen molar-refractivity contribution in [2.45, 2.75) is 38.5 Å². The molecule has 4 heteroatoms. The molecule has 2 rings (SSSR count). The average Bonchev–Trinajstić information content (AvgIpc) is 3.00. The minimum atomic E-state index is -0.928. The molecule has 1 aliphatic carbocycles. The first-order valence-electron chi connectivity index (χ1n) is 5.55. The van der Waals surface area contributed by atoms with E-state index in [9.17, 15) is 13.6 Å². The zero-order chi connectivity index (χ0) is 12.8. The topological polar surface area (TPSA) is 37.3 Å². The fraction of sp³-hybridized carbons (Fsp3) is 0.462. The normalized spacial score (nSPS) is 16.9. The lowest BCUT2D eigenvalue weighted by atomic mass is 9.87. The number of carbonyl (C=O) groups is 1. The lowest BCUT2D eigenvalue weighted by Gasteiger charge is -2.18. The lowest BCUT2D eigenvalue weighted by Crippen LogP contribution is -2.16. The highest BCUT2D eigenvalue weighted by Crippen LogP contribution is 2.52. The van der Waals surface area contributed by atoms with Crippen molar-refractivity contribution in [2.24, 2.45) is 0 Å². The van der Waals surface area contributed by atoms with Crippen molar-refractivity contribution in [1.82, 2.24) is 0 Å². The van der Waals surface area contributed by atoms with Crippen molar-refractivity contribution in [2.75, 3.05) is 0 Å². The summed E-state index contributed by atoms with van der Waals surface area (Å²) in [5.74, 6) is -2.08. The second-order valence-electron chi connectivity index (χ2n) is 4.82. The van der Waals surface area contributed by atoms with Crippen molar-refractivity contribution >= 4 is 5.97 Å². The molecule has 0 aliphatic heterocycles. The highest BCUT2D eigenvalue weighted by Gasteiger charge is 2.47. The van der Waals surface area contributed by atoms with Crippen LogP contribution in [0, 0.1) is 25.5 Å². The first-order valence-corrected chi connectivity index (χ1v) is 5.55. The first kappa shape index (κ1) is 12.0. The summed E-state index contributed by atoms with van der Waals surface area (Å²) in [5.41, 5.74) is 0.339. The number of carboxylic acid groups (broad SMARTS) is 1. The fourth-order valence-electron chi connectivity index (χ4n) is 2.38. The molecule has 0 amide bonds. The van der Waals surface area contributed by atoms with Gasteiger partial charge >= 0.3 is 5.97 Å². The van der Waals surface area contributed by atoms with Gasteiger partial charge in [-0.3, -0.25) is 4.79 Å². The van der Waals surface area contributed by atoms with Crippen molar-refractivity contribution in [1.29, 1.82) is 0 Å². The fourth-order valence-corrected chi connectivity index (χ4v) is 2.38. The third kappa shape index (κ3) is 1.92. The van der Waals surface area contributed by atoms with E-state index in [0.717, 1.165) is 0 Å². The quantitative estimate of drug-likeness (QED) is 0.881. The van der Waals surface area contributed by atoms with Gasteiger partial charge in [0.15, 0.2) is 0 Å². The maximum absolute atomic E-state index is 13.8. The summed E-state index contributed by atoms with van der Waals surface area (Å²) in [5, 5.41) is 8.85. The van der Waals surface area contributed by atoms with Gasteiger partial charge in [-0.15, -0.1) is 0 Å². The summed E-state index contributed by atoms with van der Waals surface area (Å²) in [4.78, 5) is 10.8. The van der Waals surface area contributed by atoms with Crippen LogP contribution in [-0.4, -0.2) is 11.1 Å². The molecule has 1 aliphatic rings.